The number of hydrogen-bond donors (Lipinski definition) is 2. The summed E-state index contributed by atoms with van der Waals surface area (Å²) in [5.74, 6) is 2.22. The summed E-state index contributed by atoms with van der Waals surface area (Å²) in [5.41, 5.74) is 2.07. The van der Waals surface area contributed by atoms with Crippen molar-refractivity contribution in [3.8, 4) is 0 Å². The quantitative estimate of drug-likeness (QED) is 0.204. The molecule has 35 heavy (non-hydrogen) atoms. The molecule has 3 atom stereocenters. The number of benzene rings is 1. The normalized spacial score (nSPS) is 32.8. The van der Waals surface area contributed by atoms with Gasteiger partial charge in [0, 0.05) is 12.6 Å². The maximum Gasteiger partial charge on any atom is 0.126 e. The Hall–Kier alpha value is -1.23. The van der Waals surface area contributed by atoms with Gasteiger partial charge in [-0.05, 0) is 118 Å². The van der Waals surface area contributed by atoms with Crippen LogP contribution in [0, 0.1) is 17.7 Å². The largest absolute Gasteiger partial charge is 0.378 e. The molecule has 3 aliphatic rings. The molecule has 0 amide bonds. The van der Waals surface area contributed by atoms with Crippen LogP contribution < -0.4 is 5.32 Å². The van der Waals surface area contributed by atoms with Gasteiger partial charge in [-0.25, -0.2) is 4.39 Å². The smallest absolute Gasteiger partial charge is 0.126 e. The molecule has 0 spiro atoms. The molecule has 1 saturated heterocycles. The van der Waals surface area contributed by atoms with Crippen molar-refractivity contribution in [3.63, 3.8) is 0 Å². The SMILES string of the molecule is C=CC(O)NC1CCC(c2ccc(C3CCC(C4CCC(CCCCC)CO4)CC3)cc2F)CC1. The molecule has 2 N–H and O–H groups in total. The maximum absolute atomic E-state index is 15.2. The van der Waals surface area contributed by atoms with E-state index in [1.165, 1.54) is 63.0 Å². The number of rotatable bonds is 10. The van der Waals surface area contributed by atoms with E-state index in [0.29, 0.717) is 17.9 Å². The Bertz CT molecular complexity index is 774. The van der Waals surface area contributed by atoms with Crippen molar-refractivity contribution in [3.05, 3.63) is 47.8 Å². The van der Waals surface area contributed by atoms with Gasteiger partial charge in [-0.15, -0.1) is 0 Å². The fourth-order valence-electron chi connectivity index (χ4n) is 6.94. The first kappa shape index (κ1) is 26.8. The summed E-state index contributed by atoms with van der Waals surface area (Å²) in [6.07, 6.45) is 17.8. The summed E-state index contributed by atoms with van der Waals surface area (Å²) in [6, 6.07) is 6.39. The molecule has 1 heterocycles. The van der Waals surface area contributed by atoms with Crippen molar-refractivity contribution in [2.24, 2.45) is 11.8 Å². The highest BCUT2D eigenvalue weighted by Crippen LogP contribution is 2.42. The van der Waals surface area contributed by atoms with E-state index in [9.17, 15) is 5.11 Å². The van der Waals surface area contributed by atoms with Crippen LogP contribution in [0.25, 0.3) is 0 Å². The molecule has 3 nitrogen and oxygen atoms in total. The van der Waals surface area contributed by atoms with Crippen molar-refractivity contribution in [2.45, 2.75) is 127 Å². The molecule has 2 aliphatic carbocycles. The van der Waals surface area contributed by atoms with Gasteiger partial charge in [-0.1, -0.05) is 44.9 Å². The zero-order chi connectivity index (χ0) is 24.6. The highest BCUT2D eigenvalue weighted by molar-refractivity contribution is 5.30. The van der Waals surface area contributed by atoms with Gasteiger partial charge in [0.2, 0.25) is 0 Å². The minimum atomic E-state index is -0.653. The van der Waals surface area contributed by atoms with Crippen LogP contribution in [0.15, 0.2) is 30.9 Å². The Balaban J connectivity index is 1.22. The van der Waals surface area contributed by atoms with E-state index < -0.39 is 6.23 Å². The lowest BCUT2D eigenvalue weighted by atomic mass is 9.74. The van der Waals surface area contributed by atoms with Gasteiger partial charge in [0.1, 0.15) is 12.0 Å². The van der Waals surface area contributed by atoms with E-state index in [2.05, 4.69) is 31.0 Å². The van der Waals surface area contributed by atoms with E-state index in [-0.39, 0.29) is 17.8 Å². The molecule has 0 radical (unpaired) electrons. The number of aliphatic hydroxyl groups is 1. The van der Waals surface area contributed by atoms with Gasteiger partial charge >= 0.3 is 0 Å². The molecule has 0 bridgehead atoms. The van der Waals surface area contributed by atoms with Crippen LogP contribution in [0.5, 0.6) is 0 Å². The van der Waals surface area contributed by atoms with Crippen molar-refractivity contribution in [2.75, 3.05) is 6.61 Å². The average molecular weight is 486 g/mol. The maximum atomic E-state index is 15.2. The molecule has 2 saturated carbocycles. The lowest BCUT2D eigenvalue weighted by molar-refractivity contribution is -0.0578. The van der Waals surface area contributed by atoms with Crippen LogP contribution >= 0.6 is 0 Å². The minimum Gasteiger partial charge on any atom is -0.378 e. The zero-order valence-electron chi connectivity index (χ0n) is 21.9. The third-order valence-electron chi connectivity index (χ3n) is 9.21. The third kappa shape index (κ3) is 7.40. The van der Waals surface area contributed by atoms with Crippen molar-refractivity contribution >= 4 is 0 Å². The van der Waals surface area contributed by atoms with Crippen LogP contribution in [0.3, 0.4) is 0 Å². The molecule has 4 heteroatoms. The van der Waals surface area contributed by atoms with Gasteiger partial charge in [0.05, 0.1) is 6.10 Å². The molecule has 1 aromatic rings. The van der Waals surface area contributed by atoms with E-state index in [4.69, 9.17) is 4.74 Å². The molecule has 3 unspecified atom stereocenters. The van der Waals surface area contributed by atoms with Crippen molar-refractivity contribution < 1.29 is 14.2 Å². The summed E-state index contributed by atoms with van der Waals surface area (Å²) in [7, 11) is 0. The van der Waals surface area contributed by atoms with Crippen LogP contribution in [0.2, 0.25) is 0 Å². The topological polar surface area (TPSA) is 41.5 Å². The van der Waals surface area contributed by atoms with Crippen LogP contribution in [-0.4, -0.2) is 30.1 Å². The second kappa shape index (κ2) is 13.4. The first-order chi connectivity index (χ1) is 17.1. The number of nitrogens with one attached hydrogen (secondary N) is 1. The molecule has 0 aromatic heterocycles. The Morgan fingerprint density at radius 2 is 1.77 bits per heavy atom. The predicted octanol–water partition coefficient (Wildman–Crippen LogP) is 7.60. The van der Waals surface area contributed by atoms with Gasteiger partial charge in [-0.2, -0.15) is 0 Å². The minimum absolute atomic E-state index is 0.0168. The number of aliphatic hydroxyl groups excluding tert-OH is 1. The lowest BCUT2D eigenvalue weighted by Crippen LogP contribution is -2.39. The second-order valence-electron chi connectivity index (χ2n) is 11.6. The van der Waals surface area contributed by atoms with Gasteiger partial charge in [0.15, 0.2) is 0 Å². The Morgan fingerprint density at radius 1 is 1.03 bits per heavy atom. The standard InChI is InChI=1S/C31H48FNO2/c1-3-5-6-7-22-8-19-30(35-21-22)25-11-9-23(10-12-25)26-15-18-28(29(32)20-26)24-13-16-27(17-14-24)33-31(34)4-2/h4,15,18,20,22-25,27,30-31,33-34H,2-3,5-14,16-17,19,21H2,1H3. The Morgan fingerprint density at radius 3 is 2.40 bits per heavy atom. The molecule has 3 fully saturated rings. The molecule has 1 aromatic carbocycles. The summed E-state index contributed by atoms with van der Waals surface area (Å²) in [4.78, 5) is 0. The van der Waals surface area contributed by atoms with Crippen molar-refractivity contribution in [1.82, 2.24) is 5.32 Å². The Labute approximate surface area is 212 Å². The van der Waals surface area contributed by atoms with E-state index in [1.54, 1.807) is 0 Å². The predicted molar refractivity (Wildman–Crippen MR) is 142 cm³/mol. The molecular weight excluding hydrogens is 437 g/mol. The summed E-state index contributed by atoms with van der Waals surface area (Å²) >= 11 is 0. The van der Waals surface area contributed by atoms with E-state index in [0.717, 1.165) is 56.6 Å². The summed E-state index contributed by atoms with van der Waals surface area (Å²) in [6.45, 7) is 6.86. The fourth-order valence-corrected chi connectivity index (χ4v) is 6.94. The molecular formula is C31H48FNO2. The number of halogens is 1. The number of hydrogen-bond acceptors (Lipinski definition) is 3. The number of unbranched alkanes of at least 4 members (excludes halogenated alkanes) is 2. The summed E-state index contributed by atoms with van der Waals surface area (Å²) < 4.78 is 21.5. The Kier molecular flexibility index (Phi) is 10.2. The zero-order valence-corrected chi connectivity index (χ0v) is 21.9. The highest BCUT2D eigenvalue weighted by Gasteiger charge is 2.32. The molecule has 4 rings (SSSR count). The van der Waals surface area contributed by atoms with Crippen LogP contribution in [-0.2, 0) is 4.74 Å². The highest BCUT2D eigenvalue weighted by atomic mass is 19.1. The van der Waals surface area contributed by atoms with Crippen LogP contribution in [0.1, 0.15) is 120 Å². The van der Waals surface area contributed by atoms with E-state index in [1.807, 2.05) is 6.07 Å². The van der Waals surface area contributed by atoms with Gasteiger partial charge < -0.3 is 9.84 Å². The number of ether oxygens (including phenoxy) is 1. The lowest BCUT2D eigenvalue weighted by Gasteiger charge is -2.38. The average Bonchev–Trinajstić information content (AvgIpc) is 2.90. The first-order valence-electron chi connectivity index (χ1n) is 14.5. The van der Waals surface area contributed by atoms with Crippen LogP contribution in [0.4, 0.5) is 4.39 Å². The molecule has 1 aliphatic heterocycles. The second-order valence-corrected chi connectivity index (χ2v) is 11.6. The monoisotopic (exact) mass is 485 g/mol. The van der Waals surface area contributed by atoms with E-state index >= 15 is 4.39 Å². The van der Waals surface area contributed by atoms with Crippen molar-refractivity contribution in [1.29, 1.82) is 0 Å². The first-order valence-corrected chi connectivity index (χ1v) is 14.5. The van der Waals surface area contributed by atoms with Gasteiger partial charge in [0.25, 0.3) is 0 Å². The third-order valence-corrected chi connectivity index (χ3v) is 9.21. The fraction of sp³-hybridized carbons (Fsp3) is 0.742. The molecule has 196 valence electrons. The van der Waals surface area contributed by atoms with Gasteiger partial charge in [-0.3, -0.25) is 5.32 Å². The summed E-state index contributed by atoms with van der Waals surface area (Å²) in [5, 5.41) is 12.9.